The molecule has 182 valence electrons. The first kappa shape index (κ1) is 22.9. The normalized spacial score (nSPS) is 19.9. The van der Waals surface area contributed by atoms with Gasteiger partial charge in [-0.3, -0.25) is 23.9 Å². The molecule has 4 heterocycles. The Morgan fingerprint density at radius 1 is 1.06 bits per heavy atom. The van der Waals surface area contributed by atoms with Crippen molar-refractivity contribution in [1.29, 1.82) is 0 Å². The van der Waals surface area contributed by atoms with E-state index in [1.54, 1.807) is 17.0 Å². The van der Waals surface area contributed by atoms with Crippen molar-refractivity contribution in [3.05, 3.63) is 27.3 Å². The van der Waals surface area contributed by atoms with Gasteiger partial charge in [0.1, 0.15) is 5.54 Å². The molecular weight excluding hydrogens is 458 g/mol. The number of H-pyrrole nitrogens is 1. The molecule has 3 aliphatic heterocycles. The van der Waals surface area contributed by atoms with Gasteiger partial charge in [0.05, 0.1) is 10.9 Å². The number of carbonyl (C=O) groups is 2. The number of rotatable bonds is 5. The van der Waals surface area contributed by atoms with E-state index in [0.717, 1.165) is 25.9 Å². The molecule has 0 unspecified atom stereocenters. The summed E-state index contributed by atoms with van der Waals surface area (Å²) in [6.07, 6.45) is 4.53. The summed E-state index contributed by atoms with van der Waals surface area (Å²) in [6, 6.07) is 3.34. The molecule has 0 radical (unpaired) electrons. The summed E-state index contributed by atoms with van der Waals surface area (Å²) in [4.78, 5) is 45.5. The zero-order valence-corrected chi connectivity index (χ0v) is 19.8. The highest BCUT2D eigenvalue weighted by molar-refractivity contribution is 7.71. The second-order valence-electron chi connectivity index (χ2n) is 9.21. The van der Waals surface area contributed by atoms with Crippen LogP contribution in [0, 0.1) is 4.77 Å². The largest absolute Gasteiger partial charge is 0.454 e. The van der Waals surface area contributed by atoms with Crippen molar-refractivity contribution in [3.63, 3.8) is 0 Å². The Bertz CT molecular complexity index is 1240. The Kier molecular flexibility index (Phi) is 6.07. The highest BCUT2D eigenvalue weighted by Crippen LogP contribution is 2.34. The molecule has 1 aromatic heterocycles. The van der Waals surface area contributed by atoms with E-state index in [9.17, 15) is 14.4 Å². The van der Waals surface area contributed by atoms with Crippen LogP contribution >= 0.6 is 12.2 Å². The van der Waals surface area contributed by atoms with Crippen molar-refractivity contribution < 1.29 is 19.1 Å². The average Bonchev–Trinajstić information content (AvgIpc) is 3.30. The first-order chi connectivity index (χ1) is 16.4. The number of carbonyl (C=O) groups excluding carboxylic acids is 2. The second kappa shape index (κ2) is 9.03. The minimum Gasteiger partial charge on any atom is -0.454 e. The van der Waals surface area contributed by atoms with Gasteiger partial charge in [-0.2, -0.15) is 0 Å². The Balaban J connectivity index is 1.27. The minimum absolute atomic E-state index is 0.0659. The smallest absolute Gasteiger partial charge is 0.262 e. The molecule has 11 heteroatoms. The van der Waals surface area contributed by atoms with Crippen molar-refractivity contribution in [2.75, 3.05) is 33.0 Å². The number of hydrogen-bond donors (Lipinski definition) is 2. The van der Waals surface area contributed by atoms with E-state index in [1.165, 1.54) is 11.0 Å². The number of fused-ring (bicyclic) bond motifs is 2. The summed E-state index contributed by atoms with van der Waals surface area (Å²) in [5.41, 5.74) is 5.47. The zero-order valence-electron chi connectivity index (χ0n) is 19.0. The molecule has 10 nitrogen and oxygen atoms in total. The third-order valence-electron chi connectivity index (χ3n) is 7.39. The van der Waals surface area contributed by atoms with E-state index in [1.807, 2.05) is 0 Å². The lowest BCUT2D eigenvalue weighted by molar-refractivity contribution is -0.142. The number of amides is 2. The van der Waals surface area contributed by atoms with Crippen LogP contribution in [0.3, 0.4) is 0 Å². The molecule has 3 N–H and O–H groups in total. The maximum Gasteiger partial charge on any atom is 0.262 e. The van der Waals surface area contributed by atoms with Gasteiger partial charge >= 0.3 is 0 Å². The molecule has 0 atom stereocenters. The van der Waals surface area contributed by atoms with Crippen LogP contribution in [-0.4, -0.2) is 69.7 Å². The van der Waals surface area contributed by atoms with E-state index < -0.39 is 5.54 Å². The van der Waals surface area contributed by atoms with Crippen molar-refractivity contribution in [3.8, 4) is 11.5 Å². The molecule has 2 amide bonds. The number of nitrogens with zero attached hydrogens (tertiary/aromatic N) is 3. The second-order valence-corrected chi connectivity index (χ2v) is 9.60. The minimum atomic E-state index is -0.665. The van der Waals surface area contributed by atoms with Crippen LogP contribution in [0.1, 0.15) is 38.5 Å². The number of nitrogens with two attached hydrogens (primary N) is 1. The predicted molar refractivity (Wildman–Crippen MR) is 127 cm³/mol. The van der Waals surface area contributed by atoms with Gasteiger partial charge in [0.15, 0.2) is 16.3 Å². The van der Waals surface area contributed by atoms with Gasteiger partial charge in [-0.05, 0) is 57.1 Å². The Labute approximate surface area is 201 Å². The van der Waals surface area contributed by atoms with Crippen LogP contribution < -0.4 is 20.8 Å². The van der Waals surface area contributed by atoms with Crippen molar-refractivity contribution in [2.24, 2.45) is 5.73 Å². The predicted octanol–water partition coefficient (Wildman–Crippen LogP) is 1.51. The van der Waals surface area contributed by atoms with Crippen LogP contribution in [0.15, 0.2) is 16.9 Å². The van der Waals surface area contributed by atoms with Crippen LogP contribution in [0.25, 0.3) is 10.9 Å². The number of nitrogens with one attached hydrogen (secondary N) is 1. The monoisotopic (exact) mass is 487 g/mol. The summed E-state index contributed by atoms with van der Waals surface area (Å²) in [5.74, 6) is 0.713. The molecule has 34 heavy (non-hydrogen) atoms. The number of benzene rings is 1. The number of primary amides is 1. The lowest BCUT2D eigenvalue weighted by atomic mass is 9.83. The van der Waals surface area contributed by atoms with Gasteiger partial charge in [-0.25, -0.2) is 0 Å². The highest BCUT2D eigenvalue weighted by atomic mass is 32.1. The van der Waals surface area contributed by atoms with Gasteiger partial charge in [0, 0.05) is 32.1 Å². The van der Waals surface area contributed by atoms with Gasteiger partial charge < -0.3 is 25.1 Å². The maximum atomic E-state index is 13.1. The van der Waals surface area contributed by atoms with Crippen molar-refractivity contribution in [2.45, 2.75) is 50.6 Å². The fourth-order valence-electron chi connectivity index (χ4n) is 5.38. The molecule has 2 saturated heterocycles. The number of hydrogen-bond acceptors (Lipinski definition) is 7. The van der Waals surface area contributed by atoms with Crippen LogP contribution in [-0.2, 0) is 16.1 Å². The Hall–Kier alpha value is -2.92. The fourth-order valence-corrected chi connectivity index (χ4v) is 5.66. The third kappa shape index (κ3) is 3.96. The first-order valence-electron chi connectivity index (χ1n) is 11.8. The lowest BCUT2D eigenvalue weighted by Crippen LogP contribution is -2.63. The van der Waals surface area contributed by atoms with Crippen LogP contribution in [0.2, 0.25) is 0 Å². The average molecular weight is 488 g/mol. The molecule has 1 aromatic carbocycles. The Morgan fingerprint density at radius 3 is 2.41 bits per heavy atom. The lowest BCUT2D eigenvalue weighted by Gasteiger charge is -2.48. The van der Waals surface area contributed by atoms with E-state index in [2.05, 4.69) is 9.88 Å². The van der Waals surface area contributed by atoms with Gasteiger partial charge in [0.2, 0.25) is 18.6 Å². The molecule has 0 bridgehead atoms. The molecule has 0 aliphatic carbocycles. The summed E-state index contributed by atoms with van der Waals surface area (Å²) >= 11 is 5.39. The number of likely N-dealkylation sites (tertiary alicyclic amines) is 2. The maximum absolute atomic E-state index is 13.1. The van der Waals surface area contributed by atoms with E-state index >= 15 is 0 Å². The number of aromatic nitrogens is 2. The topological polar surface area (TPSA) is 123 Å². The van der Waals surface area contributed by atoms with Crippen molar-refractivity contribution >= 4 is 34.9 Å². The van der Waals surface area contributed by atoms with E-state index in [4.69, 9.17) is 27.4 Å². The summed E-state index contributed by atoms with van der Waals surface area (Å²) in [5, 5.41) is 0.427. The molecule has 3 aliphatic rings. The Morgan fingerprint density at radius 2 is 1.74 bits per heavy atom. The highest BCUT2D eigenvalue weighted by Gasteiger charge is 2.45. The molecule has 2 fully saturated rings. The summed E-state index contributed by atoms with van der Waals surface area (Å²) in [6.45, 7) is 2.98. The van der Waals surface area contributed by atoms with Gasteiger partial charge in [-0.15, -0.1) is 0 Å². The van der Waals surface area contributed by atoms with E-state index in [0.29, 0.717) is 48.3 Å². The number of piperidine rings is 2. The molecule has 0 saturated carbocycles. The SMILES string of the molecule is NC(=O)C1(N2CCCCC2)CCN(C(=O)CCn2c(=S)[nH]c3cc4c(cc3c2=O)OCO4)CC1. The fraction of sp³-hybridized carbons (Fsp3) is 0.565. The molecular formula is C23H29N5O5S. The van der Waals surface area contributed by atoms with Crippen molar-refractivity contribution in [1.82, 2.24) is 19.4 Å². The van der Waals surface area contributed by atoms with Gasteiger partial charge in [-0.1, -0.05) is 6.42 Å². The molecule has 0 spiro atoms. The summed E-state index contributed by atoms with van der Waals surface area (Å²) < 4.78 is 12.4. The quantitative estimate of drug-likeness (QED) is 0.613. The molecule has 2 aromatic rings. The van der Waals surface area contributed by atoms with Crippen LogP contribution in [0.4, 0.5) is 0 Å². The van der Waals surface area contributed by atoms with Gasteiger partial charge in [0.25, 0.3) is 5.56 Å². The van der Waals surface area contributed by atoms with Crippen LogP contribution in [0.5, 0.6) is 11.5 Å². The van der Waals surface area contributed by atoms with E-state index in [-0.39, 0.29) is 41.9 Å². The standard InChI is InChI=1S/C23H29N5O5S/c24-21(31)23(27-7-2-1-3-8-27)5-10-26(11-6-23)19(29)4-9-28-20(30)15-12-17-18(33-14-32-17)13-16(15)25-22(28)34/h12-13H,1-11,14H2,(H2,24,31)(H,25,34). The zero-order chi connectivity index (χ0) is 23.9. The number of ether oxygens (including phenoxy) is 2. The number of aromatic amines is 1. The first-order valence-corrected chi connectivity index (χ1v) is 12.2. The molecule has 5 rings (SSSR count). The third-order valence-corrected chi connectivity index (χ3v) is 7.71. The summed E-state index contributed by atoms with van der Waals surface area (Å²) in [7, 11) is 0.